The predicted octanol–water partition coefficient (Wildman–Crippen LogP) is 5.68. The van der Waals surface area contributed by atoms with Gasteiger partial charge in [-0.05, 0) is 37.1 Å². The lowest BCUT2D eigenvalue weighted by atomic mass is 10.0. The van der Waals surface area contributed by atoms with Gasteiger partial charge in [-0.25, -0.2) is 9.50 Å². The van der Waals surface area contributed by atoms with E-state index in [1.807, 2.05) is 40.9 Å². The maximum Gasteiger partial charge on any atom is 0.213 e. The van der Waals surface area contributed by atoms with Crippen LogP contribution in [0, 0.1) is 0 Å². The van der Waals surface area contributed by atoms with Gasteiger partial charge in [-0.1, -0.05) is 35.1 Å². The second kappa shape index (κ2) is 7.49. The van der Waals surface area contributed by atoms with Crippen LogP contribution in [0.15, 0.2) is 36.4 Å². The Morgan fingerprint density at radius 1 is 0.967 bits per heavy atom. The van der Waals surface area contributed by atoms with Gasteiger partial charge < -0.3 is 14.2 Å². The van der Waals surface area contributed by atoms with Crippen LogP contribution in [0.25, 0.3) is 27.5 Å². The second-order valence-electron chi connectivity index (χ2n) is 7.14. The Morgan fingerprint density at radius 3 is 2.20 bits per heavy atom. The van der Waals surface area contributed by atoms with Gasteiger partial charge in [0.1, 0.15) is 16.4 Å². The smallest absolute Gasteiger partial charge is 0.213 e. The Balaban J connectivity index is 1.75. The van der Waals surface area contributed by atoms with E-state index in [0.717, 1.165) is 32.5 Å². The summed E-state index contributed by atoms with van der Waals surface area (Å²) < 4.78 is 18.5. The molecule has 0 bridgehead atoms. The van der Waals surface area contributed by atoms with Gasteiger partial charge in [0.2, 0.25) is 10.7 Å². The summed E-state index contributed by atoms with van der Waals surface area (Å²) in [5.41, 5.74) is 3.57. The van der Waals surface area contributed by atoms with Crippen molar-refractivity contribution >= 4 is 27.9 Å². The molecule has 2 aromatic carbocycles. The molecule has 0 aliphatic heterocycles. The number of aromatic nitrogens is 3. The second-order valence-corrected chi connectivity index (χ2v) is 8.56. The first-order valence-corrected chi connectivity index (χ1v) is 10.8. The van der Waals surface area contributed by atoms with Crippen LogP contribution in [0.5, 0.6) is 17.2 Å². The molecule has 0 saturated heterocycles. The van der Waals surface area contributed by atoms with E-state index < -0.39 is 0 Å². The molecule has 1 fully saturated rings. The van der Waals surface area contributed by atoms with Gasteiger partial charge in [0.05, 0.1) is 21.3 Å². The van der Waals surface area contributed by atoms with Gasteiger partial charge in [-0.3, -0.25) is 0 Å². The van der Waals surface area contributed by atoms with Crippen LogP contribution in [0.1, 0.15) is 23.8 Å². The average Bonchev–Trinajstić information content (AvgIpc) is 3.44. The molecule has 2 heterocycles. The first-order chi connectivity index (χ1) is 14.6. The van der Waals surface area contributed by atoms with Crippen molar-refractivity contribution in [3.63, 3.8) is 0 Å². The van der Waals surface area contributed by atoms with E-state index in [1.54, 1.807) is 32.7 Å². The van der Waals surface area contributed by atoms with Gasteiger partial charge in [0, 0.05) is 22.1 Å². The maximum absolute atomic E-state index is 6.13. The van der Waals surface area contributed by atoms with E-state index in [9.17, 15) is 0 Å². The fraction of sp³-hybridized carbons (Fsp3) is 0.273. The van der Waals surface area contributed by atoms with Crippen molar-refractivity contribution in [1.82, 2.24) is 14.6 Å². The van der Waals surface area contributed by atoms with Crippen molar-refractivity contribution in [3.05, 3.63) is 46.4 Å². The third-order valence-electron chi connectivity index (χ3n) is 5.20. The molecule has 1 aliphatic carbocycles. The van der Waals surface area contributed by atoms with Crippen LogP contribution in [-0.4, -0.2) is 35.9 Å². The summed E-state index contributed by atoms with van der Waals surface area (Å²) in [5, 5.41) is 6.72. The Kier molecular flexibility index (Phi) is 4.79. The topological polar surface area (TPSA) is 57.9 Å². The minimum Gasteiger partial charge on any atom is -0.493 e. The summed E-state index contributed by atoms with van der Waals surface area (Å²) in [6, 6.07) is 11.6. The van der Waals surface area contributed by atoms with Crippen LogP contribution in [-0.2, 0) is 0 Å². The standard InChI is InChI=1S/C22H20ClN3O3S/c1-27-16-10-14(11-17(28-2)20(16)29-3)18-19(12-6-8-15(23)9-7-12)26-22(24-18)30-21(25-26)13-4-5-13/h6-11,13H,4-5H2,1-3H3. The van der Waals surface area contributed by atoms with Gasteiger partial charge in [0.25, 0.3) is 0 Å². The van der Waals surface area contributed by atoms with Gasteiger partial charge in [0.15, 0.2) is 11.5 Å². The van der Waals surface area contributed by atoms with E-state index in [-0.39, 0.29) is 0 Å². The molecule has 0 atom stereocenters. The molecule has 1 saturated carbocycles. The van der Waals surface area contributed by atoms with Crippen LogP contribution in [0.4, 0.5) is 0 Å². The van der Waals surface area contributed by atoms with E-state index >= 15 is 0 Å². The van der Waals surface area contributed by atoms with Crippen molar-refractivity contribution in [2.24, 2.45) is 0 Å². The minimum atomic E-state index is 0.548. The van der Waals surface area contributed by atoms with Crippen molar-refractivity contribution < 1.29 is 14.2 Å². The number of nitrogens with zero attached hydrogens (tertiary/aromatic N) is 3. The number of halogens is 1. The molecule has 4 aromatic rings. The zero-order valence-electron chi connectivity index (χ0n) is 16.8. The van der Waals surface area contributed by atoms with Gasteiger partial charge >= 0.3 is 0 Å². The third kappa shape index (κ3) is 3.18. The molecule has 154 valence electrons. The van der Waals surface area contributed by atoms with Crippen LogP contribution in [0.2, 0.25) is 5.02 Å². The number of hydrogen-bond donors (Lipinski definition) is 0. The van der Waals surface area contributed by atoms with Crippen molar-refractivity contribution in [1.29, 1.82) is 0 Å². The van der Waals surface area contributed by atoms with E-state index in [4.69, 9.17) is 35.9 Å². The zero-order valence-corrected chi connectivity index (χ0v) is 18.4. The highest BCUT2D eigenvalue weighted by molar-refractivity contribution is 7.16. The highest BCUT2D eigenvalue weighted by Crippen LogP contribution is 2.46. The number of ether oxygens (including phenoxy) is 3. The van der Waals surface area contributed by atoms with Crippen molar-refractivity contribution in [3.8, 4) is 39.8 Å². The monoisotopic (exact) mass is 441 g/mol. The number of benzene rings is 2. The summed E-state index contributed by atoms with van der Waals surface area (Å²) in [5.74, 6) is 2.28. The minimum absolute atomic E-state index is 0.548. The molecule has 0 amide bonds. The molecule has 6 nitrogen and oxygen atoms in total. The van der Waals surface area contributed by atoms with E-state index in [1.165, 1.54) is 12.8 Å². The molecule has 1 aliphatic rings. The summed E-state index contributed by atoms with van der Waals surface area (Å²) >= 11 is 7.78. The Labute approximate surface area is 183 Å². The van der Waals surface area contributed by atoms with Crippen molar-refractivity contribution in [2.45, 2.75) is 18.8 Å². The number of methoxy groups -OCH3 is 3. The number of fused-ring (bicyclic) bond motifs is 1. The summed E-state index contributed by atoms with van der Waals surface area (Å²) in [6.45, 7) is 0. The Morgan fingerprint density at radius 2 is 1.63 bits per heavy atom. The number of imidazole rings is 1. The quantitative estimate of drug-likeness (QED) is 0.385. The predicted molar refractivity (Wildman–Crippen MR) is 118 cm³/mol. The largest absolute Gasteiger partial charge is 0.493 e. The molecule has 0 unspecified atom stereocenters. The molecule has 0 radical (unpaired) electrons. The lowest BCUT2D eigenvalue weighted by Crippen LogP contribution is -1.97. The SMILES string of the molecule is COc1cc(-c2nc3sc(C4CC4)nn3c2-c2ccc(Cl)cc2)cc(OC)c1OC. The number of rotatable bonds is 6. The molecule has 0 spiro atoms. The fourth-order valence-electron chi connectivity index (χ4n) is 3.54. The molecular weight excluding hydrogens is 422 g/mol. The fourth-order valence-corrected chi connectivity index (χ4v) is 4.74. The molecular formula is C22H20ClN3O3S. The average molecular weight is 442 g/mol. The van der Waals surface area contributed by atoms with Gasteiger partial charge in [-0.15, -0.1) is 0 Å². The van der Waals surface area contributed by atoms with Crippen LogP contribution < -0.4 is 14.2 Å². The Bertz CT molecular complexity index is 1200. The summed E-state index contributed by atoms with van der Waals surface area (Å²) in [6.07, 6.45) is 2.40. The van der Waals surface area contributed by atoms with E-state index in [0.29, 0.717) is 28.2 Å². The highest BCUT2D eigenvalue weighted by atomic mass is 35.5. The summed E-state index contributed by atoms with van der Waals surface area (Å²) in [4.78, 5) is 5.82. The molecule has 30 heavy (non-hydrogen) atoms. The molecule has 0 N–H and O–H groups in total. The zero-order chi connectivity index (χ0) is 20.8. The lowest BCUT2D eigenvalue weighted by molar-refractivity contribution is 0.324. The third-order valence-corrected chi connectivity index (χ3v) is 6.52. The van der Waals surface area contributed by atoms with Gasteiger partial charge in [-0.2, -0.15) is 5.10 Å². The lowest BCUT2D eigenvalue weighted by Gasteiger charge is -2.14. The summed E-state index contributed by atoms with van der Waals surface area (Å²) in [7, 11) is 4.81. The number of hydrogen-bond acceptors (Lipinski definition) is 6. The maximum atomic E-state index is 6.13. The normalized spacial score (nSPS) is 13.6. The first-order valence-electron chi connectivity index (χ1n) is 9.58. The molecule has 2 aromatic heterocycles. The molecule has 5 rings (SSSR count). The highest BCUT2D eigenvalue weighted by Gasteiger charge is 2.30. The van der Waals surface area contributed by atoms with Crippen LogP contribution in [0.3, 0.4) is 0 Å². The Hall–Kier alpha value is -2.77. The van der Waals surface area contributed by atoms with E-state index in [2.05, 4.69) is 0 Å². The molecule has 8 heteroatoms. The van der Waals surface area contributed by atoms with Crippen LogP contribution >= 0.6 is 22.9 Å². The van der Waals surface area contributed by atoms with Crippen molar-refractivity contribution in [2.75, 3.05) is 21.3 Å². The first kappa shape index (κ1) is 19.2.